The van der Waals surface area contributed by atoms with Crippen LogP contribution in [0.25, 0.3) is 0 Å². The van der Waals surface area contributed by atoms with Gasteiger partial charge in [-0.05, 0) is 37.0 Å². The third-order valence-corrected chi connectivity index (χ3v) is 2.85. The first-order valence-electron chi connectivity index (χ1n) is 6.39. The van der Waals surface area contributed by atoms with Gasteiger partial charge in [-0.1, -0.05) is 12.1 Å². The standard InChI is InChI=1S/C14H16F4O3/c15-12-5-3-10(4-6-12)8-11(13(19)20)2-1-7-21-9-14(16,17)18/h3-6,11H,1-2,7-9H2,(H,19,20). The molecule has 1 unspecified atom stereocenters. The fraction of sp³-hybridized carbons (Fsp3) is 0.500. The molecule has 0 amide bonds. The lowest BCUT2D eigenvalue weighted by Gasteiger charge is -2.13. The fourth-order valence-electron chi connectivity index (χ4n) is 1.84. The summed E-state index contributed by atoms with van der Waals surface area (Å²) in [6.07, 6.45) is -3.76. The molecule has 0 radical (unpaired) electrons. The van der Waals surface area contributed by atoms with E-state index in [-0.39, 0.29) is 25.9 Å². The monoisotopic (exact) mass is 308 g/mol. The van der Waals surface area contributed by atoms with E-state index in [4.69, 9.17) is 5.11 Å². The van der Waals surface area contributed by atoms with Crippen molar-refractivity contribution in [3.05, 3.63) is 35.6 Å². The van der Waals surface area contributed by atoms with Crippen molar-refractivity contribution in [3.63, 3.8) is 0 Å². The van der Waals surface area contributed by atoms with Gasteiger partial charge in [-0.2, -0.15) is 13.2 Å². The van der Waals surface area contributed by atoms with Crippen molar-refractivity contribution in [2.45, 2.75) is 25.4 Å². The number of benzene rings is 1. The van der Waals surface area contributed by atoms with Crippen molar-refractivity contribution < 1.29 is 32.2 Å². The Kier molecular flexibility index (Phi) is 6.61. The molecule has 0 saturated carbocycles. The molecule has 0 aromatic heterocycles. The van der Waals surface area contributed by atoms with Gasteiger partial charge < -0.3 is 9.84 Å². The number of hydrogen-bond acceptors (Lipinski definition) is 2. The van der Waals surface area contributed by atoms with E-state index in [1.165, 1.54) is 24.3 Å². The molecule has 1 atom stereocenters. The summed E-state index contributed by atoms with van der Waals surface area (Å²) in [6.45, 7) is -1.48. The number of rotatable bonds is 8. The predicted octanol–water partition coefficient (Wildman–Crippen LogP) is 3.43. The number of alkyl halides is 3. The minimum absolute atomic E-state index is 0.146. The van der Waals surface area contributed by atoms with Crippen LogP contribution in [0, 0.1) is 11.7 Å². The number of carboxylic acid groups (broad SMARTS) is 1. The van der Waals surface area contributed by atoms with E-state index in [2.05, 4.69) is 4.74 Å². The summed E-state index contributed by atoms with van der Waals surface area (Å²) in [4.78, 5) is 11.1. The predicted molar refractivity (Wildman–Crippen MR) is 67.3 cm³/mol. The molecular formula is C14H16F4O3. The van der Waals surface area contributed by atoms with Gasteiger partial charge in [0.2, 0.25) is 0 Å². The van der Waals surface area contributed by atoms with E-state index < -0.39 is 30.5 Å². The molecule has 7 heteroatoms. The Morgan fingerprint density at radius 3 is 2.38 bits per heavy atom. The Balaban J connectivity index is 2.37. The van der Waals surface area contributed by atoms with Crippen LogP contribution >= 0.6 is 0 Å². The number of carboxylic acids is 1. The average Bonchev–Trinajstić information content (AvgIpc) is 2.37. The first-order valence-corrected chi connectivity index (χ1v) is 6.39. The van der Waals surface area contributed by atoms with Crippen LogP contribution in [0.1, 0.15) is 18.4 Å². The Morgan fingerprint density at radius 1 is 1.24 bits per heavy atom. The smallest absolute Gasteiger partial charge is 0.411 e. The largest absolute Gasteiger partial charge is 0.481 e. The van der Waals surface area contributed by atoms with Crippen molar-refractivity contribution in [1.29, 1.82) is 0 Å². The van der Waals surface area contributed by atoms with Gasteiger partial charge in [0.25, 0.3) is 0 Å². The zero-order valence-corrected chi connectivity index (χ0v) is 11.2. The van der Waals surface area contributed by atoms with Crippen molar-refractivity contribution in [2.24, 2.45) is 5.92 Å². The second-order valence-electron chi connectivity index (χ2n) is 4.68. The summed E-state index contributed by atoms with van der Waals surface area (Å²) in [5, 5.41) is 9.08. The molecule has 21 heavy (non-hydrogen) atoms. The zero-order valence-electron chi connectivity index (χ0n) is 11.2. The Labute approximate surface area is 119 Å². The molecule has 1 rings (SSSR count). The van der Waals surface area contributed by atoms with Gasteiger partial charge in [-0.25, -0.2) is 4.39 Å². The molecule has 0 fully saturated rings. The van der Waals surface area contributed by atoms with Crippen molar-refractivity contribution in [2.75, 3.05) is 13.2 Å². The Morgan fingerprint density at radius 2 is 1.86 bits per heavy atom. The number of ether oxygens (including phenoxy) is 1. The number of aliphatic carboxylic acids is 1. The second kappa shape index (κ2) is 7.97. The Hall–Kier alpha value is -1.63. The Bertz CT molecular complexity index is 443. The van der Waals surface area contributed by atoms with Crippen LogP contribution < -0.4 is 0 Å². The first kappa shape index (κ1) is 17.4. The van der Waals surface area contributed by atoms with Gasteiger partial charge in [0, 0.05) is 6.61 Å². The van der Waals surface area contributed by atoms with Crippen molar-refractivity contribution >= 4 is 5.97 Å². The molecule has 0 aliphatic heterocycles. The molecule has 1 N–H and O–H groups in total. The highest BCUT2D eigenvalue weighted by Gasteiger charge is 2.27. The highest BCUT2D eigenvalue weighted by atomic mass is 19.4. The van der Waals surface area contributed by atoms with Crippen LogP contribution in [0.2, 0.25) is 0 Å². The minimum Gasteiger partial charge on any atom is -0.481 e. The highest BCUT2D eigenvalue weighted by molar-refractivity contribution is 5.70. The van der Waals surface area contributed by atoms with Crippen LogP contribution in [0.3, 0.4) is 0 Å². The van der Waals surface area contributed by atoms with Crippen LogP contribution in [-0.2, 0) is 16.0 Å². The molecule has 118 valence electrons. The van der Waals surface area contributed by atoms with Crippen LogP contribution in [0.5, 0.6) is 0 Å². The normalized spacial score (nSPS) is 13.1. The lowest BCUT2D eigenvalue weighted by molar-refractivity contribution is -0.174. The maximum Gasteiger partial charge on any atom is 0.411 e. The summed E-state index contributed by atoms with van der Waals surface area (Å²) in [5.74, 6) is -2.17. The maximum absolute atomic E-state index is 12.7. The van der Waals surface area contributed by atoms with Gasteiger partial charge in [0.15, 0.2) is 0 Å². The molecule has 0 spiro atoms. The first-order chi connectivity index (χ1) is 9.78. The zero-order chi connectivity index (χ0) is 15.9. The van der Waals surface area contributed by atoms with E-state index in [1.807, 2.05) is 0 Å². The van der Waals surface area contributed by atoms with Gasteiger partial charge in [-0.3, -0.25) is 4.79 Å². The maximum atomic E-state index is 12.7. The summed E-state index contributed by atoms with van der Waals surface area (Å²) >= 11 is 0. The minimum atomic E-state index is -4.37. The molecule has 0 saturated heterocycles. The van der Waals surface area contributed by atoms with Crippen LogP contribution in [0.4, 0.5) is 17.6 Å². The number of halogens is 4. The number of carbonyl (C=O) groups is 1. The highest BCUT2D eigenvalue weighted by Crippen LogP contribution is 2.17. The van der Waals surface area contributed by atoms with E-state index in [1.54, 1.807) is 0 Å². The molecule has 1 aromatic rings. The number of hydrogen-bond donors (Lipinski definition) is 1. The molecule has 1 aromatic carbocycles. The quantitative estimate of drug-likeness (QED) is 0.591. The van der Waals surface area contributed by atoms with Crippen molar-refractivity contribution in [1.82, 2.24) is 0 Å². The van der Waals surface area contributed by atoms with Gasteiger partial charge in [0.05, 0.1) is 5.92 Å². The van der Waals surface area contributed by atoms with Crippen molar-refractivity contribution in [3.8, 4) is 0 Å². The third kappa shape index (κ3) is 7.65. The summed E-state index contributed by atoms with van der Waals surface area (Å²) < 4.78 is 52.7. The summed E-state index contributed by atoms with van der Waals surface area (Å²) in [7, 11) is 0. The summed E-state index contributed by atoms with van der Waals surface area (Å²) in [5.41, 5.74) is 0.667. The van der Waals surface area contributed by atoms with Crippen LogP contribution in [0.15, 0.2) is 24.3 Å². The fourth-order valence-corrected chi connectivity index (χ4v) is 1.84. The summed E-state index contributed by atoms with van der Waals surface area (Å²) in [6, 6.07) is 5.46. The average molecular weight is 308 g/mol. The van der Waals surface area contributed by atoms with Gasteiger partial charge in [-0.15, -0.1) is 0 Å². The van der Waals surface area contributed by atoms with E-state index in [0.29, 0.717) is 5.56 Å². The lowest BCUT2D eigenvalue weighted by Crippen LogP contribution is -2.19. The third-order valence-electron chi connectivity index (χ3n) is 2.85. The van der Waals surface area contributed by atoms with Gasteiger partial charge >= 0.3 is 12.1 Å². The molecule has 3 nitrogen and oxygen atoms in total. The molecule has 0 aliphatic carbocycles. The molecule has 0 aliphatic rings. The van der Waals surface area contributed by atoms with Gasteiger partial charge in [0.1, 0.15) is 12.4 Å². The SMILES string of the molecule is O=C(O)C(CCCOCC(F)(F)F)Cc1ccc(F)cc1. The topological polar surface area (TPSA) is 46.5 Å². The molecule has 0 bridgehead atoms. The van der Waals surface area contributed by atoms with E-state index >= 15 is 0 Å². The van der Waals surface area contributed by atoms with Crippen LogP contribution in [-0.4, -0.2) is 30.5 Å². The van der Waals surface area contributed by atoms with E-state index in [0.717, 1.165) is 0 Å². The molecular weight excluding hydrogens is 292 g/mol. The van der Waals surface area contributed by atoms with E-state index in [9.17, 15) is 22.4 Å². The lowest BCUT2D eigenvalue weighted by atomic mass is 9.95. The second-order valence-corrected chi connectivity index (χ2v) is 4.68. The molecule has 0 heterocycles.